The molecule has 0 radical (unpaired) electrons. The molecule has 2 unspecified atom stereocenters. The minimum atomic E-state index is -0.504. The number of benzene rings is 1. The number of hydrogen-bond acceptors (Lipinski definition) is 4. The lowest BCUT2D eigenvalue weighted by molar-refractivity contribution is 0.0792. The maximum Gasteiger partial charge on any atom is 0.128 e. The van der Waals surface area contributed by atoms with E-state index in [1.807, 2.05) is 6.92 Å². The minimum absolute atomic E-state index is 0.184. The molecule has 1 saturated heterocycles. The average Bonchev–Trinajstić information content (AvgIpc) is 2.55. The highest BCUT2D eigenvalue weighted by Gasteiger charge is 2.24. The molecule has 4 nitrogen and oxygen atoms in total. The molecule has 0 saturated carbocycles. The van der Waals surface area contributed by atoms with Crippen LogP contribution in [0.15, 0.2) is 12.1 Å². The summed E-state index contributed by atoms with van der Waals surface area (Å²) in [5.74, 6) is -0.206. The molecule has 1 aromatic heterocycles. The molecule has 1 fully saturated rings. The van der Waals surface area contributed by atoms with Gasteiger partial charge in [0, 0.05) is 29.5 Å². The van der Waals surface area contributed by atoms with Crippen molar-refractivity contribution in [2.75, 3.05) is 13.2 Å². The summed E-state index contributed by atoms with van der Waals surface area (Å²) in [6.45, 7) is 4.99. The van der Waals surface area contributed by atoms with Crippen molar-refractivity contribution in [1.82, 2.24) is 4.98 Å². The molecule has 0 bridgehead atoms. The Morgan fingerprint density at radius 2 is 2.26 bits per heavy atom. The normalized spacial score (nSPS) is 19.5. The van der Waals surface area contributed by atoms with E-state index in [1.54, 1.807) is 13.0 Å². The van der Waals surface area contributed by atoms with Gasteiger partial charge >= 0.3 is 0 Å². The molecule has 0 spiro atoms. The van der Waals surface area contributed by atoms with Gasteiger partial charge in [0.25, 0.3) is 0 Å². The van der Waals surface area contributed by atoms with E-state index in [1.165, 1.54) is 6.07 Å². The molecule has 1 aromatic carbocycles. The van der Waals surface area contributed by atoms with Crippen molar-refractivity contribution in [3.8, 4) is 6.07 Å². The van der Waals surface area contributed by atoms with Crippen LogP contribution in [0, 0.1) is 24.1 Å². The third-order valence-electron chi connectivity index (χ3n) is 4.53. The fraction of sp³-hybridized carbons (Fsp3) is 0.444. The van der Waals surface area contributed by atoms with Crippen molar-refractivity contribution in [3.63, 3.8) is 0 Å². The van der Waals surface area contributed by atoms with Crippen LogP contribution in [0.2, 0.25) is 0 Å². The van der Waals surface area contributed by atoms with Gasteiger partial charge in [0.2, 0.25) is 0 Å². The monoisotopic (exact) mass is 313 g/mol. The largest absolute Gasteiger partial charge is 0.381 e. The highest BCUT2D eigenvalue weighted by atomic mass is 19.1. The molecule has 2 aromatic rings. The van der Waals surface area contributed by atoms with Crippen molar-refractivity contribution in [3.05, 3.63) is 40.3 Å². The number of aromatic nitrogens is 1. The number of fused-ring (bicyclic) bond motifs is 1. The number of nitriles is 1. The summed E-state index contributed by atoms with van der Waals surface area (Å²) >= 11 is 0. The van der Waals surface area contributed by atoms with Crippen molar-refractivity contribution in [2.45, 2.75) is 38.6 Å². The first-order chi connectivity index (χ1) is 11.0. The zero-order chi connectivity index (χ0) is 16.6. The van der Waals surface area contributed by atoms with Gasteiger partial charge in [-0.25, -0.2) is 4.39 Å². The van der Waals surface area contributed by atoms with Gasteiger partial charge in [-0.05, 0) is 44.4 Å². The Bertz CT molecular complexity index is 789. The van der Waals surface area contributed by atoms with Crippen LogP contribution in [0.4, 0.5) is 4.39 Å². The number of pyridine rings is 1. The van der Waals surface area contributed by atoms with Crippen molar-refractivity contribution < 1.29 is 9.13 Å². The van der Waals surface area contributed by atoms with Crippen LogP contribution in [-0.2, 0) is 4.74 Å². The van der Waals surface area contributed by atoms with E-state index in [-0.39, 0.29) is 11.7 Å². The van der Waals surface area contributed by atoms with E-state index >= 15 is 0 Å². The van der Waals surface area contributed by atoms with Gasteiger partial charge in [-0.1, -0.05) is 0 Å². The van der Waals surface area contributed by atoms with Crippen LogP contribution in [0.1, 0.15) is 54.1 Å². The van der Waals surface area contributed by atoms with Crippen LogP contribution in [-0.4, -0.2) is 18.2 Å². The Morgan fingerprint density at radius 1 is 1.48 bits per heavy atom. The SMILES string of the molecule is Cc1c(C2CCCOC2)nc2ccc(F)c(C(C)N)c2c1C#N. The standard InChI is InChI=1S/C18H20FN3O/c1-10-13(8-20)17-15(6-5-14(19)16(17)11(2)21)22-18(10)12-4-3-7-23-9-12/h5-6,11-12H,3-4,7,9,21H2,1-2H3. The number of ether oxygens (including phenoxy) is 1. The fourth-order valence-corrected chi connectivity index (χ4v) is 3.41. The fourth-order valence-electron chi connectivity index (χ4n) is 3.41. The number of nitrogens with two attached hydrogens (primary N) is 1. The van der Waals surface area contributed by atoms with Crippen LogP contribution >= 0.6 is 0 Å². The first kappa shape index (κ1) is 15.9. The van der Waals surface area contributed by atoms with Crippen LogP contribution in [0.25, 0.3) is 10.9 Å². The first-order valence-corrected chi connectivity index (χ1v) is 7.90. The van der Waals surface area contributed by atoms with Gasteiger partial charge in [-0.3, -0.25) is 4.98 Å². The molecule has 120 valence electrons. The van der Waals surface area contributed by atoms with E-state index in [0.29, 0.717) is 28.6 Å². The predicted octanol–water partition coefficient (Wildman–Crippen LogP) is 3.47. The molecule has 2 N–H and O–H groups in total. The minimum Gasteiger partial charge on any atom is -0.381 e. The predicted molar refractivity (Wildman–Crippen MR) is 86.5 cm³/mol. The van der Waals surface area contributed by atoms with Gasteiger partial charge in [0.15, 0.2) is 0 Å². The molecule has 3 rings (SSSR count). The Labute approximate surface area is 135 Å². The Kier molecular flexibility index (Phi) is 4.29. The maximum atomic E-state index is 14.2. The second-order valence-corrected chi connectivity index (χ2v) is 6.17. The summed E-state index contributed by atoms with van der Waals surface area (Å²) in [5.41, 5.74) is 9.09. The lowest BCUT2D eigenvalue weighted by atomic mass is 9.89. The highest BCUT2D eigenvalue weighted by molar-refractivity contribution is 5.90. The van der Waals surface area contributed by atoms with E-state index in [9.17, 15) is 9.65 Å². The van der Waals surface area contributed by atoms with Crippen LogP contribution < -0.4 is 5.73 Å². The molecule has 1 aliphatic heterocycles. The Hall–Kier alpha value is -2.03. The average molecular weight is 313 g/mol. The summed E-state index contributed by atoms with van der Waals surface area (Å²) in [5, 5.41) is 10.2. The smallest absolute Gasteiger partial charge is 0.128 e. The first-order valence-electron chi connectivity index (χ1n) is 7.90. The molecule has 0 aliphatic carbocycles. The van der Waals surface area contributed by atoms with E-state index < -0.39 is 6.04 Å². The van der Waals surface area contributed by atoms with Crippen LogP contribution in [0.3, 0.4) is 0 Å². The van der Waals surface area contributed by atoms with E-state index in [4.69, 9.17) is 15.5 Å². The molecule has 2 atom stereocenters. The van der Waals surface area contributed by atoms with Gasteiger partial charge in [-0.15, -0.1) is 0 Å². The van der Waals surface area contributed by atoms with Gasteiger partial charge in [-0.2, -0.15) is 5.26 Å². The molecule has 23 heavy (non-hydrogen) atoms. The number of rotatable bonds is 2. The van der Waals surface area contributed by atoms with Crippen molar-refractivity contribution >= 4 is 10.9 Å². The van der Waals surface area contributed by atoms with Crippen molar-refractivity contribution in [1.29, 1.82) is 5.26 Å². The summed E-state index contributed by atoms with van der Waals surface area (Å²) < 4.78 is 19.8. The third kappa shape index (κ3) is 2.69. The van der Waals surface area contributed by atoms with Crippen molar-refractivity contribution in [2.24, 2.45) is 5.73 Å². The summed E-state index contributed by atoms with van der Waals surface area (Å²) in [6.07, 6.45) is 1.98. The highest BCUT2D eigenvalue weighted by Crippen LogP contribution is 2.34. The molecule has 0 amide bonds. The molecule has 1 aliphatic rings. The maximum absolute atomic E-state index is 14.2. The summed E-state index contributed by atoms with van der Waals surface area (Å²) in [7, 11) is 0. The topological polar surface area (TPSA) is 71.9 Å². The Morgan fingerprint density at radius 3 is 2.87 bits per heavy atom. The molecule has 2 heterocycles. The molecule has 5 heteroatoms. The second kappa shape index (κ2) is 6.23. The molecular weight excluding hydrogens is 293 g/mol. The number of hydrogen-bond donors (Lipinski definition) is 1. The lowest BCUT2D eigenvalue weighted by Crippen LogP contribution is -2.19. The van der Waals surface area contributed by atoms with Gasteiger partial charge in [0.1, 0.15) is 11.9 Å². The second-order valence-electron chi connectivity index (χ2n) is 6.17. The number of nitrogens with zero attached hydrogens (tertiary/aromatic N) is 2. The summed E-state index contributed by atoms with van der Waals surface area (Å²) in [6, 6.07) is 4.74. The van der Waals surface area contributed by atoms with Gasteiger partial charge < -0.3 is 10.5 Å². The lowest BCUT2D eigenvalue weighted by Gasteiger charge is -2.24. The quantitative estimate of drug-likeness (QED) is 0.921. The van der Waals surface area contributed by atoms with Crippen LogP contribution in [0.5, 0.6) is 0 Å². The van der Waals surface area contributed by atoms with Gasteiger partial charge in [0.05, 0.1) is 23.4 Å². The van der Waals surface area contributed by atoms with E-state index in [0.717, 1.165) is 30.7 Å². The third-order valence-corrected chi connectivity index (χ3v) is 4.53. The molecular formula is C18H20FN3O. The number of halogens is 1. The zero-order valence-corrected chi connectivity index (χ0v) is 13.4. The van der Waals surface area contributed by atoms with E-state index in [2.05, 4.69) is 6.07 Å². The Balaban J connectivity index is 2.30. The zero-order valence-electron chi connectivity index (χ0n) is 13.4. The summed E-state index contributed by atoms with van der Waals surface area (Å²) in [4.78, 5) is 4.74.